The molecule has 1 rings (SSSR count). The summed E-state index contributed by atoms with van der Waals surface area (Å²) in [7, 11) is 1.51. The summed E-state index contributed by atoms with van der Waals surface area (Å²) in [5, 5.41) is 4.98. The van der Waals surface area contributed by atoms with Crippen LogP contribution in [0.1, 0.15) is 17.3 Å². The molecule has 1 aromatic rings. The summed E-state index contributed by atoms with van der Waals surface area (Å²) >= 11 is 0. The van der Waals surface area contributed by atoms with E-state index in [1.165, 1.54) is 14.0 Å². The smallest absolute Gasteiger partial charge is 0.255 e. The van der Waals surface area contributed by atoms with Crippen molar-refractivity contribution >= 4 is 17.6 Å². The van der Waals surface area contributed by atoms with Crippen molar-refractivity contribution in [2.45, 2.75) is 13.0 Å². The monoisotopic (exact) mass is 284 g/mol. The summed E-state index contributed by atoms with van der Waals surface area (Å²) in [6, 6.07) is 0.176. The number of amides is 2. The molecular weight excluding hydrogens is 267 g/mol. The second-order valence-corrected chi connectivity index (χ2v) is 4.07. The molecule has 0 aromatic carbocycles. The Morgan fingerprint density at radius 2 is 2.25 bits per heavy atom. The van der Waals surface area contributed by atoms with Crippen LogP contribution in [0.4, 0.5) is 10.2 Å². The summed E-state index contributed by atoms with van der Waals surface area (Å²) in [6.45, 7) is 2.20. The topological polar surface area (TPSA) is 106 Å². The third-order valence-electron chi connectivity index (χ3n) is 2.48. The van der Waals surface area contributed by atoms with Gasteiger partial charge in [-0.05, 0) is 13.0 Å². The number of carbonyl (C=O) groups is 2. The van der Waals surface area contributed by atoms with Crippen LogP contribution in [0.5, 0.6) is 0 Å². The Hall–Kier alpha value is -2.22. The lowest BCUT2D eigenvalue weighted by molar-refractivity contribution is -0.122. The van der Waals surface area contributed by atoms with Crippen molar-refractivity contribution in [1.29, 1.82) is 0 Å². The number of halogens is 1. The van der Waals surface area contributed by atoms with E-state index in [-0.39, 0.29) is 17.3 Å². The molecule has 1 heterocycles. The quantitative estimate of drug-likeness (QED) is 0.621. The van der Waals surface area contributed by atoms with Crippen molar-refractivity contribution < 1.29 is 18.7 Å². The number of hydrogen-bond acceptors (Lipinski definition) is 5. The van der Waals surface area contributed by atoms with Crippen LogP contribution in [0.15, 0.2) is 12.3 Å². The Bertz CT molecular complexity index is 496. The first-order chi connectivity index (χ1) is 9.45. The lowest BCUT2D eigenvalue weighted by Crippen LogP contribution is -2.45. The van der Waals surface area contributed by atoms with Gasteiger partial charge in [-0.15, -0.1) is 0 Å². The third-order valence-corrected chi connectivity index (χ3v) is 2.48. The zero-order valence-electron chi connectivity index (χ0n) is 11.3. The van der Waals surface area contributed by atoms with Crippen molar-refractivity contribution in [2.24, 2.45) is 0 Å². The van der Waals surface area contributed by atoms with E-state index in [9.17, 15) is 14.0 Å². The molecule has 1 atom stereocenters. The zero-order valence-corrected chi connectivity index (χ0v) is 11.3. The van der Waals surface area contributed by atoms with Crippen LogP contribution in [0, 0.1) is 5.82 Å². The van der Waals surface area contributed by atoms with E-state index < -0.39 is 17.8 Å². The number of anilines is 1. The maximum absolute atomic E-state index is 13.0. The number of nitrogens with two attached hydrogens (primary N) is 1. The first kappa shape index (κ1) is 15.8. The van der Waals surface area contributed by atoms with Crippen molar-refractivity contribution in [3.8, 4) is 0 Å². The van der Waals surface area contributed by atoms with Gasteiger partial charge in [0.2, 0.25) is 5.91 Å². The average molecular weight is 284 g/mol. The molecule has 0 aliphatic rings. The van der Waals surface area contributed by atoms with E-state index in [1.807, 2.05) is 0 Å². The fourth-order valence-electron chi connectivity index (χ4n) is 1.40. The largest absolute Gasteiger partial charge is 0.383 e. The summed E-state index contributed by atoms with van der Waals surface area (Å²) in [5.41, 5.74) is 5.38. The second-order valence-electron chi connectivity index (χ2n) is 4.07. The highest BCUT2D eigenvalue weighted by Gasteiger charge is 2.18. The summed E-state index contributed by atoms with van der Waals surface area (Å²) in [6.07, 6.45) is 0.910. The molecule has 4 N–H and O–H groups in total. The molecule has 7 nitrogen and oxygen atoms in total. The summed E-state index contributed by atoms with van der Waals surface area (Å²) < 4.78 is 17.8. The number of nitrogen functional groups attached to an aromatic ring is 1. The van der Waals surface area contributed by atoms with Gasteiger partial charge in [0.15, 0.2) is 0 Å². The summed E-state index contributed by atoms with van der Waals surface area (Å²) in [4.78, 5) is 27.0. The molecule has 0 spiro atoms. The number of rotatable bonds is 6. The fourth-order valence-corrected chi connectivity index (χ4v) is 1.40. The minimum Gasteiger partial charge on any atom is -0.383 e. The predicted octanol–water partition coefficient (Wildman–Crippen LogP) is -0.316. The van der Waals surface area contributed by atoms with Crippen LogP contribution in [-0.2, 0) is 9.53 Å². The van der Waals surface area contributed by atoms with Gasteiger partial charge in [-0.25, -0.2) is 9.37 Å². The maximum atomic E-state index is 13.0. The Kier molecular flexibility index (Phi) is 5.85. The molecule has 0 saturated carbocycles. The van der Waals surface area contributed by atoms with E-state index >= 15 is 0 Å². The van der Waals surface area contributed by atoms with Gasteiger partial charge < -0.3 is 21.1 Å². The molecule has 8 heteroatoms. The SMILES string of the molecule is COCCNC(=O)C(C)NC(=O)c1cc(F)cnc1N. The Morgan fingerprint density at radius 3 is 2.90 bits per heavy atom. The molecule has 0 radical (unpaired) electrons. The van der Waals surface area contributed by atoms with Gasteiger partial charge in [-0.2, -0.15) is 0 Å². The minimum atomic E-state index is -0.790. The standard InChI is InChI=1S/C12H17FN4O3/c1-7(11(18)15-3-4-20-2)17-12(19)9-5-8(13)6-16-10(9)14/h5-7H,3-4H2,1-2H3,(H2,14,16)(H,15,18)(H,17,19). The van der Waals surface area contributed by atoms with Crippen LogP contribution in [0.25, 0.3) is 0 Å². The zero-order chi connectivity index (χ0) is 15.1. The van der Waals surface area contributed by atoms with Crippen molar-refractivity contribution in [3.63, 3.8) is 0 Å². The molecule has 1 aromatic heterocycles. The molecule has 2 amide bonds. The second kappa shape index (κ2) is 7.39. The molecule has 0 saturated heterocycles. The highest BCUT2D eigenvalue weighted by molar-refractivity contribution is 6.00. The van der Waals surface area contributed by atoms with Gasteiger partial charge >= 0.3 is 0 Å². The number of pyridine rings is 1. The van der Waals surface area contributed by atoms with E-state index in [2.05, 4.69) is 15.6 Å². The Labute approximate surface area is 115 Å². The van der Waals surface area contributed by atoms with E-state index in [0.29, 0.717) is 13.2 Å². The average Bonchev–Trinajstić information content (AvgIpc) is 2.41. The number of methoxy groups -OCH3 is 1. The molecular formula is C12H17FN4O3. The molecule has 20 heavy (non-hydrogen) atoms. The van der Waals surface area contributed by atoms with Crippen molar-refractivity contribution in [3.05, 3.63) is 23.6 Å². The van der Waals surface area contributed by atoms with Gasteiger partial charge in [-0.1, -0.05) is 0 Å². The first-order valence-electron chi connectivity index (χ1n) is 5.94. The van der Waals surface area contributed by atoms with Gasteiger partial charge in [0.05, 0.1) is 18.4 Å². The molecule has 1 unspecified atom stereocenters. The van der Waals surface area contributed by atoms with Gasteiger partial charge in [-0.3, -0.25) is 9.59 Å². The van der Waals surface area contributed by atoms with Crippen LogP contribution in [0.3, 0.4) is 0 Å². The van der Waals surface area contributed by atoms with Crippen LogP contribution in [-0.4, -0.2) is 43.1 Å². The summed E-state index contributed by atoms with van der Waals surface area (Å²) in [5.74, 6) is -1.82. The van der Waals surface area contributed by atoms with Crippen LogP contribution >= 0.6 is 0 Å². The Balaban J connectivity index is 2.61. The predicted molar refractivity (Wildman–Crippen MR) is 70.4 cm³/mol. The number of hydrogen-bond donors (Lipinski definition) is 3. The number of carbonyl (C=O) groups excluding carboxylic acids is 2. The minimum absolute atomic E-state index is 0.101. The number of ether oxygens (including phenoxy) is 1. The van der Waals surface area contributed by atoms with Crippen LogP contribution < -0.4 is 16.4 Å². The third kappa shape index (κ3) is 4.47. The first-order valence-corrected chi connectivity index (χ1v) is 5.94. The van der Waals surface area contributed by atoms with Gasteiger partial charge in [0.1, 0.15) is 17.7 Å². The molecule has 0 aliphatic carbocycles. The fraction of sp³-hybridized carbons (Fsp3) is 0.417. The molecule has 0 fully saturated rings. The lowest BCUT2D eigenvalue weighted by atomic mass is 10.2. The van der Waals surface area contributed by atoms with Crippen molar-refractivity contribution in [2.75, 3.05) is 26.0 Å². The lowest BCUT2D eigenvalue weighted by Gasteiger charge is -2.14. The van der Waals surface area contributed by atoms with Gasteiger partial charge in [0.25, 0.3) is 5.91 Å². The molecule has 0 bridgehead atoms. The van der Waals surface area contributed by atoms with E-state index in [4.69, 9.17) is 10.5 Å². The van der Waals surface area contributed by atoms with Crippen molar-refractivity contribution in [1.82, 2.24) is 15.6 Å². The van der Waals surface area contributed by atoms with Crippen LogP contribution in [0.2, 0.25) is 0 Å². The molecule has 0 aliphatic heterocycles. The van der Waals surface area contributed by atoms with E-state index in [1.54, 1.807) is 0 Å². The number of nitrogens with one attached hydrogen (secondary N) is 2. The highest BCUT2D eigenvalue weighted by atomic mass is 19.1. The van der Waals surface area contributed by atoms with Gasteiger partial charge in [0, 0.05) is 13.7 Å². The maximum Gasteiger partial charge on any atom is 0.255 e. The van der Waals surface area contributed by atoms with E-state index in [0.717, 1.165) is 12.3 Å². The Morgan fingerprint density at radius 1 is 1.55 bits per heavy atom. The number of nitrogens with zero attached hydrogens (tertiary/aromatic N) is 1. The normalized spacial score (nSPS) is 11.8. The highest BCUT2D eigenvalue weighted by Crippen LogP contribution is 2.09. The number of aromatic nitrogens is 1. The molecule has 110 valence electrons.